The number of carbonyl (C=O) groups excluding carboxylic acids is 1. The van der Waals surface area contributed by atoms with E-state index in [1.807, 2.05) is 12.1 Å². The Kier molecular flexibility index (Phi) is 4.79. The van der Waals surface area contributed by atoms with Crippen LogP contribution in [-0.2, 0) is 4.79 Å². The van der Waals surface area contributed by atoms with Crippen LogP contribution in [0, 0.1) is 5.82 Å². The Balaban J connectivity index is 1.11. The molecule has 1 aromatic heterocycles. The van der Waals surface area contributed by atoms with Crippen LogP contribution in [0.3, 0.4) is 0 Å². The second kappa shape index (κ2) is 7.39. The highest BCUT2D eigenvalue weighted by Crippen LogP contribution is 2.61. The molecule has 1 heterocycles. The summed E-state index contributed by atoms with van der Waals surface area (Å²) in [5, 5.41) is 15.0. The summed E-state index contributed by atoms with van der Waals surface area (Å²) in [5.41, 5.74) is 0.376. The number of nitrogens with one attached hydrogen (secondary N) is 2. The highest BCUT2D eigenvalue weighted by Gasteiger charge is 2.69. The van der Waals surface area contributed by atoms with Gasteiger partial charge in [-0.25, -0.2) is 4.39 Å². The van der Waals surface area contributed by atoms with Gasteiger partial charge in [0, 0.05) is 27.7 Å². The molecule has 31 heavy (non-hydrogen) atoms. The zero-order chi connectivity index (χ0) is 21.6. The number of benzene rings is 2. The third-order valence-corrected chi connectivity index (χ3v) is 6.14. The maximum Gasteiger partial charge on any atom is 0.316 e. The van der Waals surface area contributed by atoms with Crippen LogP contribution < -0.4 is 15.4 Å². The predicted octanol–water partition coefficient (Wildman–Crippen LogP) is 4.46. The first kappa shape index (κ1) is 20.1. The van der Waals surface area contributed by atoms with Gasteiger partial charge in [-0.2, -0.15) is 0 Å². The number of carbonyl (C=O) groups is 1. The third-order valence-electron chi connectivity index (χ3n) is 5.58. The smallest absolute Gasteiger partial charge is 0.316 e. The minimum atomic E-state index is -0.591. The van der Waals surface area contributed by atoms with E-state index < -0.39 is 5.82 Å². The summed E-state index contributed by atoms with van der Waals surface area (Å²) in [6.45, 7) is -0.197. The molecule has 3 saturated carbocycles. The molecule has 0 atom stereocenters. The zero-order valence-corrected chi connectivity index (χ0v) is 17.6. The van der Waals surface area contributed by atoms with Crippen molar-refractivity contribution in [3.63, 3.8) is 0 Å². The topological polar surface area (TPSA) is 89.3 Å². The molecule has 2 N–H and O–H groups in total. The highest BCUT2D eigenvalue weighted by atomic mass is 35.5. The number of ether oxygens (including phenoxy) is 1. The number of aromatic nitrogens is 2. The van der Waals surface area contributed by atoms with E-state index >= 15 is 0 Å². The van der Waals surface area contributed by atoms with Gasteiger partial charge >= 0.3 is 6.01 Å². The predicted molar refractivity (Wildman–Crippen MR) is 113 cm³/mol. The molecular formula is C21H17Cl2FN4O3. The lowest BCUT2D eigenvalue weighted by molar-refractivity contribution is -0.135. The summed E-state index contributed by atoms with van der Waals surface area (Å²) < 4.78 is 24.5. The van der Waals surface area contributed by atoms with Crippen molar-refractivity contribution in [2.45, 2.75) is 30.3 Å². The lowest BCUT2D eigenvalue weighted by atomic mass is 9.44. The van der Waals surface area contributed by atoms with Crippen molar-refractivity contribution in [1.82, 2.24) is 15.5 Å². The van der Waals surface area contributed by atoms with Gasteiger partial charge in [0.25, 0.3) is 5.91 Å². The second-order valence-corrected chi connectivity index (χ2v) is 8.89. The number of hydrogen-bond acceptors (Lipinski definition) is 6. The molecule has 1 amide bonds. The Morgan fingerprint density at radius 2 is 1.84 bits per heavy atom. The van der Waals surface area contributed by atoms with E-state index in [9.17, 15) is 9.18 Å². The number of nitrogens with zero attached hydrogens (tertiary/aromatic N) is 2. The van der Waals surface area contributed by atoms with Crippen molar-refractivity contribution in [3.05, 3.63) is 58.3 Å². The first-order valence-corrected chi connectivity index (χ1v) is 10.4. The molecule has 7 nitrogen and oxygen atoms in total. The normalized spacial score (nSPS) is 23.5. The van der Waals surface area contributed by atoms with Crippen molar-refractivity contribution in [3.8, 4) is 17.2 Å². The van der Waals surface area contributed by atoms with Gasteiger partial charge in [0.2, 0.25) is 5.89 Å². The lowest BCUT2D eigenvalue weighted by Crippen LogP contribution is -2.81. The molecule has 0 unspecified atom stereocenters. The average molecular weight is 463 g/mol. The summed E-state index contributed by atoms with van der Waals surface area (Å²) >= 11 is 11.5. The van der Waals surface area contributed by atoms with Gasteiger partial charge in [0.05, 0.1) is 5.02 Å². The molecule has 0 saturated heterocycles. The second-order valence-electron chi connectivity index (χ2n) is 8.05. The molecule has 0 aliphatic heterocycles. The van der Waals surface area contributed by atoms with Crippen molar-refractivity contribution in [2.75, 3.05) is 11.9 Å². The van der Waals surface area contributed by atoms with Gasteiger partial charge in [-0.05, 0) is 55.7 Å². The van der Waals surface area contributed by atoms with Crippen molar-refractivity contribution < 1.29 is 18.3 Å². The maximum atomic E-state index is 13.4. The van der Waals surface area contributed by atoms with Crippen LogP contribution in [0.4, 0.5) is 10.4 Å². The Morgan fingerprint density at radius 3 is 2.55 bits per heavy atom. The van der Waals surface area contributed by atoms with Gasteiger partial charge in [-0.1, -0.05) is 28.3 Å². The standard InChI is InChI=1S/C21H17Cl2FN4O3/c22-13-3-1-12(2-4-13)18-27-28-19(31-18)26-21-9-20(10-21,11-21)25-17(29)8-30-14-5-6-15(23)16(24)7-14/h1-7H,8-11H2,(H,25,29)(H,26,28). The Labute approximate surface area is 186 Å². The van der Waals surface area contributed by atoms with Crippen LogP contribution in [0.25, 0.3) is 11.5 Å². The Bertz CT molecular complexity index is 1130. The van der Waals surface area contributed by atoms with E-state index in [4.69, 9.17) is 32.4 Å². The van der Waals surface area contributed by atoms with Crippen LogP contribution in [0.1, 0.15) is 19.3 Å². The fourth-order valence-corrected chi connectivity index (χ4v) is 4.55. The summed E-state index contributed by atoms with van der Waals surface area (Å²) in [6, 6.07) is 11.5. The minimum absolute atomic E-state index is 0.00463. The number of anilines is 1. The van der Waals surface area contributed by atoms with Crippen molar-refractivity contribution >= 4 is 35.1 Å². The number of rotatable bonds is 7. The summed E-state index contributed by atoms with van der Waals surface area (Å²) in [5.74, 6) is -0.191. The Morgan fingerprint density at radius 1 is 1.10 bits per heavy atom. The molecule has 3 fully saturated rings. The van der Waals surface area contributed by atoms with E-state index in [0.29, 0.717) is 16.9 Å². The zero-order valence-electron chi connectivity index (χ0n) is 16.1. The lowest BCUT2D eigenvalue weighted by Gasteiger charge is -2.70. The van der Waals surface area contributed by atoms with E-state index in [1.54, 1.807) is 12.1 Å². The largest absolute Gasteiger partial charge is 0.484 e. The third kappa shape index (κ3) is 3.93. The van der Waals surface area contributed by atoms with E-state index in [-0.39, 0.29) is 34.4 Å². The van der Waals surface area contributed by atoms with Crippen LogP contribution in [0.5, 0.6) is 5.75 Å². The summed E-state index contributed by atoms with van der Waals surface area (Å²) in [6.07, 6.45) is 2.25. The minimum Gasteiger partial charge on any atom is -0.484 e. The van der Waals surface area contributed by atoms with Gasteiger partial charge in [0.1, 0.15) is 11.6 Å². The molecule has 160 valence electrons. The SMILES string of the molecule is O=C(COc1ccc(Cl)c(F)c1)NC12CC(Nc3nnc(-c4ccc(Cl)cc4)o3)(C1)C2. The van der Waals surface area contributed by atoms with E-state index in [2.05, 4.69) is 20.8 Å². The number of hydrogen-bond donors (Lipinski definition) is 2. The first-order valence-electron chi connectivity index (χ1n) is 9.60. The maximum absolute atomic E-state index is 13.4. The van der Waals surface area contributed by atoms with E-state index in [0.717, 1.165) is 30.9 Å². The fraction of sp³-hybridized carbons (Fsp3) is 0.286. The van der Waals surface area contributed by atoms with Crippen LogP contribution in [0.2, 0.25) is 10.0 Å². The van der Waals surface area contributed by atoms with Gasteiger partial charge in [-0.3, -0.25) is 4.79 Å². The summed E-state index contributed by atoms with van der Waals surface area (Å²) in [4.78, 5) is 12.2. The van der Waals surface area contributed by atoms with E-state index in [1.165, 1.54) is 12.1 Å². The molecule has 3 aromatic rings. The van der Waals surface area contributed by atoms with Gasteiger partial charge < -0.3 is 19.8 Å². The van der Waals surface area contributed by atoms with Crippen LogP contribution in [-0.4, -0.2) is 33.8 Å². The van der Waals surface area contributed by atoms with Gasteiger partial charge in [0.15, 0.2) is 6.61 Å². The van der Waals surface area contributed by atoms with Gasteiger partial charge in [-0.15, -0.1) is 5.10 Å². The molecule has 3 aliphatic carbocycles. The Hall–Kier alpha value is -2.84. The molecule has 0 spiro atoms. The van der Waals surface area contributed by atoms with Crippen molar-refractivity contribution in [2.24, 2.45) is 0 Å². The average Bonchev–Trinajstić information content (AvgIpc) is 3.15. The number of amides is 1. The van der Waals surface area contributed by atoms with Crippen molar-refractivity contribution in [1.29, 1.82) is 0 Å². The van der Waals surface area contributed by atoms with Crippen LogP contribution >= 0.6 is 23.2 Å². The molecule has 10 heteroatoms. The first-order chi connectivity index (χ1) is 14.8. The molecule has 2 bridgehead atoms. The molecule has 3 aliphatic rings. The monoisotopic (exact) mass is 462 g/mol. The molecule has 0 radical (unpaired) electrons. The fourth-order valence-electron chi connectivity index (χ4n) is 4.31. The molecular weight excluding hydrogens is 446 g/mol. The quantitative estimate of drug-likeness (QED) is 0.538. The highest BCUT2D eigenvalue weighted by molar-refractivity contribution is 6.31. The number of halogens is 3. The summed E-state index contributed by atoms with van der Waals surface area (Å²) in [7, 11) is 0. The molecule has 6 rings (SSSR count). The van der Waals surface area contributed by atoms with Crippen LogP contribution in [0.15, 0.2) is 46.9 Å². The molecule has 2 aromatic carbocycles.